The van der Waals surface area contributed by atoms with Gasteiger partial charge >= 0.3 is 0 Å². The van der Waals surface area contributed by atoms with E-state index in [-0.39, 0.29) is 11.8 Å². The number of aromatic nitrogens is 3. The van der Waals surface area contributed by atoms with E-state index < -0.39 is 0 Å². The lowest BCUT2D eigenvalue weighted by Gasteiger charge is -2.42. The molecule has 3 heterocycles. The van der Waals surface area contributed by atoms with Crippen LogP contribution in [0.25, 0.3) is 11.0 Å². The van der Waals surface area contributed by atoms with Crippen molar-refractivity contribution in [2.75, 3.05) is 39.3 Å². The number of fused-ring (bicyclic) bond motifs is 1. The normalized spacial score (nSPS) is 17.5. The van der Waals surface area contributed by atoms with Crippen LogP contribution in [0.15, 0.2) is 42.5 Å². The minimum absolute atomic E-state index is 0.0391. The minimum atomic E-state index is 0.0391. The molecular formula is C26H29N7O2. The molecule has 0 aliphatic carbocycles. The molecule has 0 bridgehead atoms. The predicted octanol–water partition coefficient (Wildman–Crippen LogP) is 2.21. The van der Waals surface area contributed by atoms with Crippen molar-refractivity contribution in [3.8, 4) is 6.07 Å². The van der Waals surface area contributed by atoms with Gasteiger partial charge in [-0.05, 0) is 55.2 Å². The van der Waals surface area contributed by atoms with E-state index >= 15 is 0 Å². The molecule has 5 rings (SSSR count). The zero-order valence-corrected chi connectivity index (χ0v) is 19.7. The summed E-state index contributed by atoms with van der Waals surface area (Å²) in [7, 11) is 0. The van der Waals surface area contributed by atoms with Crippen molar-refractivity contribution in [2.45, 2.75) is 31.7 Å². The minimum Gasteiger partial charge on any atom is -0.343 e. The fourth-order valence-electron chi connectivity index (χ4n) is 5.08. The standard InChI is InChI=1S/C26H29N7O2/c27-18-20-3-1-19(2-4-20)5-8-25(34)32-11-9-22(10-12-32)31-13-15-33(16-14-31)26(35)21-6-7-23-24(17-21)29-30-28-23/h1-4,6-7,17,22H,5,8-16H2,(H,28,29,30). The number of likely N-dealkylation sites (tertiary alicyclic amines) is 1. The van der Waals surface area contributed by atoms with Crippen LogP contribution in [-0.4, -0.2) is 87.2 Å². The number of H-pyrrole nitrogens is 1. The van der Waals surface area contributed by atoms with Gasteiger partial charge in [0.05, 0.1) is 17.1 Å². The van der Waals surface area contributed by atoms with Crippen molar-refractivity contribution in [1.29, 1.82) is 5.26 Å². The van der Waals surface area contributed by atoms with Gasteiger partial charge < -0.3 is 9.80 Å². The van der Waals surface area contributed by atoms with Gasteiger partial charge in [-0.3, -0.25) is 19.6 Å². The largest absolute Gasteiger partial charge is 0.343 e. The lowest BCUT2D eigenvalue weighted by Crippen LogP contribution is -2.54. The van der Waals surface area contributed by atoms with Gasteiger partial charge in [0.25, 0.3) is 5.91 Å². The topological polar surface area (TPSA) is 109 Å². The van der Waals surface area contributed by atoms with E-state index in [0.29, 0.717) is 48.6 Å². The highest BCUT2D eigenvalue weighted by Crippen LogP contribution is 2.21. The van der Waals surface area contributed by atoms with Crippen molar-refractivity contribution in [3.05, 3.63) is 59.2 Å². The predicted molar refractivity (Wildman–Crippen MR) is 130 cm³/mol. The van der Waals surface area contributed by atoms with E-state index in [1.54, 1.807) is 18.2 Å². The molecule has 1 aromatic heterocycles. The number of benzene rings is 2. The second-order valence-corrected chi connectivity index (χ2v) is 9.29. The summed E-state index contributed by atoms with van der Waals surface area (Å²) in [5.41, 5.74) is 3.90. The Labute approximate surface area is 204 Å². The van der Waals surface area contributed by atoms with Crippen LogP contribution in [0.5, 0.6) is 0 Å². The molecule has 9 heteroatoms. The van der Waals surface area contributed by atoms with Crippen LogP contribution in [0.4, 0.5) is 0 Å². The van der Waals surface area contributed by atoms with Gasteiger partial charge in [-0.2, -0.15) is 5.26 Å². The average molecular weight is 472 g/mol. The number of carbonyl (C=O) groups is 2. The molecule has 2 fully saturated rings. The lowest BCUT2D eigenvalue weighted by molar-refractivity contribution is -0.132. The van der Waals surface area contributed by atoms with E-state index in [4.69, 9.17) is 5.26 Å². The van der Waals surface area contributed by atoms with Crippen LogP contribution >= 0.6 is 0 Å². The third-order valence-electron chi connectivity index (χ3n) is 7.22. The number of nitriles is 1. The third kappa shape index (κ3) is 5.17. The lowest BCUT2D eigenvalue weighted by atomic mass is 10.0. The summed E-state index contributed by atoms with van der Waals surface area (Å²) in [6.07, 6.45) is 3.14. The molecule has 0 unspecified atom stereocenters. The molecule has 3 aromatic rings. The van der Waals surface area contributed by atoms with Crippen LogP contribution < -0.4 is 0 Å². The monoisotopic (exact) mass is 471 g/mol. The Morgan fingerprint density at radius 2 is 1.71 bits per heavy atom. The zero-order valence-electron chi connectivity index (χ0n) is 19.7. The summed E-state index contributed by atoms with van der Waals surface area (Å²) in [5, 5.41) is 19.5. The van der Waals surface area contributed by atoms with Gasteiger partial charge in [0.1, 0.15) is 5.52 Å². The van der Waals surface area contributed by atoms with Crippen LogP contribution in [-0.2, 0) is 11.2 Å². The van der Waals surface area contributed by atoms with Gasteiger partial charge in [0.15, 0.2) is 0 Å². The Kier molecular flexibility index (Phi) is 6.73. The SMILES string of the molecule is N#Cc1ccc(CCC(=O)N2CCC(N3CCN(C(=O)c4ccc5[nH]nnc5c4)CC3)CC2)cc1. The van der Waals surface area contributed by atoms with Gasteiger partial charge in [0.2, 0.25) is 5.91 Å². The van der Waals surface area contributed by atoms with Crippen molar-refractivity contribution in [2.24, 2.45) is 0 Å². The summed E-state index contributed by atoms with van der Waals surface area (Å²) < 4.78 is 0. The van der Waals surface area contributed by atoms with E-state index in [0.717, 1.165) is 50.1 Å². The number of piperazine rings is 1. The number of amides is 2. The maximum Gasteiger partial charge on any atom is 0.254 e. The molecule has 2 saturated heterocycles. The molecular weight excluding hydrogens is 442 g/mol. The highest BCUT2D eigenvalue weighted by Gasteiger charge is 2.30. The third-order valence-corrected chi connectivity index (χ3v) is 7.22. The molecule has 35 heavy (non-hydrogen) atoms. The number of aromatic amines is 1. The summed E-state index contributed by atoms with van der Waals surface area (Å²) >= 11 is 0. The number of hydrogen-bond acceptors (Lipinski definition) is 6. The maximum absolute atomic E-state index is 13.0. The molecule has 2 aliphatic heterocycles. The van der Waals surface area contributed by atoms with Gasteiger partial charge in [-0.25, -0.2) is 0 Å². The van der Waals surface area contributed by atoms with Gasteiger partial charge in [-0.15, -0.1) is 5.10 Å². The van der Waals surface area contributed by atoms with E-state index in [1.807, 2.05) is 34.1 Å². The van der Waals surface area contributed by atoms with E-state index in [1.165, 1.54) is 0 Å². The number of nitrogens with zero attached hydrogens (tertiary/aromatic N) is 6. The zero-order chi connectivity index (χ0) is 24.2. The smallest absolute Gasteiger partial charge is 0.254 e. The number of rotatable bonds is 5. The van der Waals surface area contributed by atoms with E-state index in [9.17, 15) is 9.59 Å². The van der Waals surface area contributed by atoms with Crippen LogP contribution in [0.1, 0.15) is 40.7 Å². The molecule has 2 aliphatic rings. The number of nitrogens with one attached hydrogen (secondary N) is 1. The molecule has 2 amide bonds. The first-order valence-electron chi connectivity index (χ1n) is 12.2. The summed E-state index contributed by atoms with van der Waals surface area (Å²) in [5.74, 6) is 0.240. The molecule has 0 radical (unpaired) electrons. The summed E-state index contributed by atoms with van der Waals surface area (Å²) in [6.45, 7) is 4.70. The first-order chi connectivity index (χ1) is 17.1. The Balaban J connectivity index is 1.06. The molecule has 180 valence electrons. The Morgan fingerprint density at radius 3 is 2.43 bits per heavy atom. The Hall–Kier alpha value is -3.77. The molecule has 0 spiro atoms. The fourth-order valence-corrected chi connectivity index (χ4v) is 5.08. The fraction of sp³-hybridized carbons (Fsp3) is 0.423. The quantitative estimate of drug-likeness (QED) is 0.611. The van der Waals surface area contributed by atoms with Crippen LogP contribution in [0.2, 0.25) is 0 Å². The van der Waals surface area contributed by atoms with Gasteiger partial charge in [0, 0.05) is 57.3 Å². The number of carbonyl (C=O) groups excluding carboxylic acids is 2. The second-order valence-electron chi connectivity index (χ2n) is 9.29. The number of hydrogen-bond donors (Lipinski definition) is 1. The Morgan fingerprint density at radius 1 is 0.971 bits per heavy atom. The second kappa shape index (κ2) is 10.2. The summed E-state index contributed by atoms with van der Waals surface area (Å²) in [6, 6.07) is 15.5. The average Bonchev–Trinajstić information content (AvgIpc) is 3.40. The maximum atomic E-state index is 13.0. The highest BCUT2D eigenvalue weighted by molar-refractivity contribution is 5.97. The summed E-state index contributed by atoms with van der Waals surface area (Å²) in [4.78, 5) is 32.0. The number of piperidine rings is 1. The molecule has 1 N–H and O–H groups in total. The first-order valence-corrected chi connectivity index (χ1v) is 12.2. The van der Waals surface area contributed by atoms with Crippen molar-refractivity contribution in [1.82, 2.24) is 30.1 Å². The number of aryl methyl sites for hydroxylation is 1. The molecule has 0 atom stereocenters. The van der Waals surface area contributed by atoms with Gasteiger partial charge in [-0.1, -0.05) is 17.3 Å². The van der Waals surface area contributed by atoms with Crippen LogP contribution in [0.3, 0.4) is 0 Å². The Bertz CT molecular complexity index is 1230. The molecule has 9 nitrogen and oxygen atoms in total. The van der Waals surface area contributed by atoms with Crippen molar-refractivity contribution >= 4 is 22.8 Å². The first kappa shape index (κ1) is 23.0. The molecule has 0 saturated carbocycles. The molecule has 2 aromatic carbocycles. The van der Waals surface area contributed by atoms with Crippen LogP contribution in [0, 0.1) is 11.3 Å². The van der Waals surface area contributed by atoms with Crippen molar-refractivity contribution < 1.29 is 9.59 Å². The van der Waals surface area contributed by atoms with E-state index in [2.05, 4.69) is 26.4 Å². The highest BCUT2D eigenvalue weighted by atomic mass is 16.2. The van der Waals surface area contributed by atoms with Crippen molar-refractivity contribution in [3.63, 3.8) is 0 Å².